The summed E-state index contributed by atoms with van der Waals surface area (Å²) < 4.78 is 11.8. The van der Waals surface area contributed by atoms with Crippen molar-refractivity contribution in [2.45, 2.75) is 22.3 Å². The van der Waals surface area contributed by atoms with Gasteiger partial charge in [-0.15, -0.1) is 11.3 Å². The maximum absolute atomic E-state index is 11.9. The van der Waals surface area contributed by atoms with E-state index in [9.17, 15) is 4.79 Å². The van der Waals surface area contributed by atoms with Crippen LogP contribution in [0.4, 0.5) is 10.5 Å². The summed E-state index contributed by atoms with van der Waals surface area (Å²) in [5.74, 6) is 0. The van der Waals surface area contributed by atoms with Crippen LogP contribution in [-0.2, 0) is 9.47 Å². The highest BCUT2D eigenvalue weighted by atomic mass is 32.2. The summed E-state index contributed by atoms with van der Waals surface area (Å²) in [6.45, 7) is 4.13. The first-order chi connectivity index (χ1) is 11.7. The third kappa shape index (κ3) is 5.20. The lowest BCUT2D eigenvalue weighted by Crippen LogP contribution is -2.41. The lowest BCUT2D eigenvalue weighted by Gasteiger charge is -2.23. The van der Waals surface area contributed by atoms with Gasteiger partial charge in [0.25, 0.3) is 0 Å². The molecule has 3 rings (SSSR count). The van der Waals surface area contributed by atoms with E-state index in [0.29, 0.717) is 26.4 Å². The molecule has 1 aromatic heterocycles. The number of ether oxygens (including phenoxy) is 2. The fourth-order valence-electron chi connectivity index (χ4n) is 2.12. The average molecular weight is 365 g/mol. The lowest BCUT2D eigenvalue weighted by molar-refractivity contribution is -0.0852. The zero-order chi connectivity index (χ0) is 16.8. The number of benzene rings is 1. The minimum Gasteiger partial charge on any atom is -0.376 e. The Morgan fingerprint density at radius 3 is 2.88 bits per heavy atom. The number of carbonyl (C=O) groups excluding carboxylic acids is 1. The van der Waals surface area contributed by atoms with Gasteiger partial charge in [0.05, 0.1) is 25.9 Å². The van der Waals surface area contributed by atoms with Crippen molar-refractivity contribution in [2.75, 3.05) is 31.7 Å². The Hall–Kier alpha value is -1.61. The van der Waals surface area contributed by atoms with Gasteiger partial charge in [-0.3, -0.25) is 0 Å². The number of hydrogen-bond acceptors (Lipinski definition) is 6. The van der Waals surface area contributed by atoms with Crippen molar-refractivity contribution in [3.63, 3.8) is 0 Å². The number of urea groups is 1. The monoisotopic (exact) mass is 365 g/mol. The van der Waals surface area contributed by atoms with Crippen LogP contribution in [0.25, 0.3) is 0 Å². The smallest absolute Gasteiger partial charge is 0.319 e. The quantitative estimate of drug-likeness (QED) is 0.852. The van der Waals surface area contributed by atoms with Crippen molar-refractivity contribution in [2.24, 2.45) is 0 Å². The van der Waals surface area contributed by atoms with Crippen molar-refractivity contribution in [1.82, 2.24) is 10.3 Å². The third-order valence-corrected chi connectivity index (χ3v) is 5.35. The predicted octanol–water partition coefficient (Wildman–Crippen LogP) is 3.14. The Labute approximate surface area is 149 Å². The zero-order valence-electron chi connectivity index (χ0n) is 13.3. The molecular formula is C16H19N3O3S2. The fraction of sp³-hybridized carbons (Fsp3) is 0.375. The van der Waals surface area contributed by atoms with E-state index < -0.39 is 0 Å². The van der Waals surface area contributed by atoms with E-state index in [0.717, 1.165) is 20.6 Å². The molecule has 0 radical (unpaired) electrons. The van der Waals surface area contributed by atoms with E-state index in [1.165, 1.54) is 0 Å². The Morgan fingerprint density at radius 1 is 1.38 bits per heavy atom. The van der Waals surface area contributed by atoms with Crippen LogP contribution in [0.5, 0.6) is 0 Å². The number of aryl methyl sites for hydroxylation is 1. The number of rotatable bonds is 5. The number of thiazole rings is 1. The van der Waals surface area contributed by atoms with Crippen LogP contribution in [0, 0.1) is 6.92 Å². The summed E-state index contributed by atoms with van der Waals surface area (Å²) in [6, 6.07) is 7.44. The molecule has 0 saturated carbocycles. The summed E-state index contributed by atoms with van der Waals surface area (Å²) in [6.07, 6.45) is -0.0787. The number of aromatic nitrogens is 1. The van der Waals surface area contributed by atoms with E-state index in [1.807, 2.05) is 36.6 Å². The summed E-state index contributed by atoms with van der Waals surface area (Å²) >= 11 is 3.24. The van der Waals surface area contributed by atoms with Crippen molar-refractivity contribution in [1.29, 1.82) is 0 Å². The molecule has 6 nitrogen and oxygen atoms in total. The first kappa shape index (κ1) is 17.2. The highest BCUT2D eigenvalue weighted by molar-refractivity contribution is 8.01. The molecular weight excluding hydrogens is 346 g/mol. The maximum Gasteiger partial charge on any atom is 0.319 e. The van der Waals surface area contributed by atoms with Crippen molar-refractivity contribution in [3.05, 3.63) is 35.3 Å². The first-order valence-electron chi connectivity index (χ1n) is 7.63. The molecule has 0 bridgehead atoms. The number of amides is 2. The van der Waals surface area contributed by atoms with Gasteiger partial charge in [0.2, 0.25) is 0 Å². The van der Waals surface area contributed by atoms with Gasteiger partial charge in [-0.1, -0.05) is 11.8 Å². The molecule has 2 aromatic rings. The molecule has 1 unspecified atom stereocenters. The van der Waals surface area contributed by atoms with Gasteiger partial charge in [-0.25, -0.2) is 9.78 Å². The highest BCUT2D eigenvalue weighted by Crippen LogP contribution is 2.30. The molecule has 1 atom stereocenters. The number of anilines is 1. The number of hydrogen-bond donors (Lipinski definition) is 2. The van der Waals surface area contributed by atoms with E-state index in [4.69, 9.17) is 9.47 Å². The summed E-state index contributed by atoms with van der Waals surface area (Å²) in [4.78, 5) is 17.4. The number of nitrogens with one attached hydrogen (secondary N) is 2. The molecule has 1 aromatic carbocycles. The maximum atomic E-state index is 11.9. The number of nitrogens with zero attached hydrogens (tertiary/aromatic N) is 1. The van der Waals surface area contributed by atoms with Gasteiger partial charge in [0, 0.05) is 28.2 Å². The van der Waals surface area contributed by atoms with Crippen LogP contribution in [0.1, 0.15) is 5.69 Å². The van der Waals surface area contributed by atoms with Crippen LogP contribution >= 0.6 is 23.1 Å². The molecule has 0 aliphatic carbocycles. The molecule has 24 heavy (non-hydrogen) atoms. The van der Waals surface area contributed by atoms with Crippen LogP contribution in [0.2, 0.25) is 0 Å². The average Bonchev–Trinajstić information content (AvgIpc) is 3.01. The summed E-state index contributed by atoms with van der Waals surface area (Å²) in [5, 5.41) is 7.63. The highest BCUT2D eigenvalue weighted by Gasteiger charge is 2.15. The fourth-order valence-corrected chi connectivity index (χ4v) is 3.93. The second-order valence-electron chi connectivity index (χ2n) is 5.28. The third-order valence-electron chi connectivity index (χ3n) is 3.29. The normalized spacial score (nSPS) is 17.5. The SMILES string of the molecule is Cc1csc(Sc2ccc(NC(=O)NCC3COCCO3)cc2)n1. The van der Waals surface area contributed by atoms with E-state index >= 15 is 0 Å². The Bertz CT molecular complexity index is 669. The Morgan fingerprint density at radius 2 is 2.21 bits per heavy atom. The standard InChI is InChI=1S/C16H19N3O3S2/c1-11-10-23-16(18-11)24-14-4-2-12(3-5-14)19-15(20)17-8-13-9-21-6-7-22-13/h2-5,10,13H,6-9H2,1H3,(H2,17,19,20). The van der Waals surface area contributed by atoms with Crippen LogP contribution in [0.3, 0.4) is 0 Å². The lowest BCUT2D eigenvalue weighted by atomic mass is 10.3. The molecule has 2 amide bonds. The largest absolute Gasteiger partial charge is 0.376 e. The minimum atomic E-state index is -0.250. The van der Waals surface area contributed by atoms with E-state index in [2.05, 4.69) is 15.6 Å². The zero-order valence-corrected chi connectivity index (χ0v) is 14.9. The van der Waals surface area contributed by atoms with Gasteiger partial charge in [0.15, 0.2) is 4.34 Å². The van der Waals surface area contributed by atoms with Gasteiger partial charge in [-0.05, 0) is 31.2 Å². The van der Waals surface area contributed by atoms with Gasteiger partial charge >= 0.3 is 6.03 Å². The minimum absolute atomic E-state index is 0.0787. The van der Waals surface area contributed by atoms with Crippen LogP contribution in [-0.4, -0.2) is 43.5 Å². The topological polar surface area (TPSA) is 72.5 Å². The predicted molar refractivity (Wildman–Crippen MR) is 95.0 cm³/mol. The van der Waals surface area contributed by atoms with Crippen molar-refractivity contribution in [3.8, 4) is 0 Å². The molecule has 8 heteroatoms. The molecule has 1 aliphatic rings. The molecule has 1 fully saturated rings. The van der Waals surface area contributed by atoms with Gasteiger partial charge in [0.1, 0.15) is 0 Å². The molecule has 0 spiro atoms. The molecule has 2 N–H and O–H groups in total. The first-order valence-corrected chi connectivity index (χ1v) is 9.33. The second kappa shape index (κ2) is 8.48. The van der Waals surface area contributed by atoms with Crippen LogP contribution in [0.15, 0.2) is 38.9 Å². The summed E-state index contributed by atoms with van der Waals surface area (Å²) in [5.41, 5.74) is 1.78. The second-order valence-corrected chi connectivity index (χ2v) is 7.46. The van der Waals surface area contributed by atoms with E-state index in [1.54, 1.807) is 23.1 Å². The van der Waals surface area contributed by atoms with Gasteiger partial charge < -0.3 is 20.1 Å². The molecule has 1 aliphatic heterocycles. The van der Waals surface area contributed by atoms with E-state index in [-0.39, 0.29) is 12.1 Å². The molecule has 128 valence electrons. The number of carbonyl (C=O) groups is 1. The van der Waals surface area contributed by atoms with Crippen LogP contribution < -0.4 is 10.6 Å². The van der Waals surface area contributed by atoms with Gasteiger partial charge in [-0.2, -0.15) is 0 Å². The summed E-state index contributed by atoms with van der Waals surface area (Å²) in [7, 11) is 0. The molecule has 1 saturated heterocycles. The Balaban J connectivity index is 1.45. The van der Waals surface area contributed by atoms with Crippen molar-refractivity contribution >= 4 is 34.8 Å². The Kier molecular flexibility index (Phi) is 6.08. The van der Waals surface area contributed by atoms with Crippen molar-refractivity contribution < 1.29 is 14.3 Å². The molecule has 2 heterocycles.